The minimum Gasteiger partial charge on any atom is -0.375 e. The molecule has 2 heterocycles. The Morgan fingerprint density at radius 3 is 3.25 bits per heavy atom. The second kappa shape index (κ2) is 4.97. The second-order valence-corrected chi connectivity index (χ2v) is 4.76. The van der Waals surface area contributed by atoms with E-state index < -0.39 is 0 Å². The Bertz CT molecular complexity index is 312. The molecule has 1 aromatic heterocycles. The van der Waals surface area contributed by atoms with Crippen molar-refractivity contribution in [3.8, 4) is 0 Å². The van der Waals surface area contributed by atoms with E-state index >= 15 is 0 Å². The number of aromatic nitrogens is 2. The van der Waals surface area contributed by atoms with E-state index in [1.54, 1.807) is 6.20 Å². The minimum absolute atomic E-state index is 0.0546. The molecular formula is C12H21N3O. The molecule has 2 atom stereocenters. The number of nitrogens with zero attached hydrogens (tertiary/aromatic N) is 1. The Morgan fingerprint density at radius 1 is 1.69 bits per heavy atom. The van der Waals surface area contributed by atoms with Gasteiger partial charge in [-0.05, 0) is 26.2 Å². The van der Waals surface area contributed by atoms with E-state index in [1.165, 1.54) is 0 Å². The molecule has 0 radical (unpaired) electrons. The summed E-state index contributed by atoms with van der Waals surface area (Å²) >= 11 is 0. The van der Waals surface area contributed by atoms with Gasteiger partial charge < -0.3 is 15.0 Å². The van der Waals surface area contributed by atoms with Crippen LogP contribution in [-0.4, -0.2) is 28.2 Å². The summed E-state index contributed by atoms with van der Waals surface area (Å²) in [4.78, 5) is 7.31. The first kappa shape index (κ1) is 11.6. The summed E-state index contributed by atoms with van der Waals surface area (Å²) in [5.41, 5.74) is 0.0546. The molecule has 16 heavy (non-hydrogen) atoms. The van der Waals surface area contributed by atoms with Crippen molar-refractivity contribution in [3.05, 3.63) is 18.2 Å². The molecule has 4 nitrogen and oxygen atoms in total. The second-order valence-electron chi connectivity index (χ2n) is 4.76. The number of hydrogen-bond donors (Lipinski definition) is 2. The van der Waals surface area contributed by atoms with Gasteiger partial charge in [-0.15, -0.1) is 0 Å². The molecule has 2 unspecified atom stereocenters. The lowest BCUT2D eigenvalue weighted by Gasteiger charge is -2.38. The molecule has 2 N–H and O–H groups in total. The lowest BCUT2D eigenvalue weighted by molar-refractivity contribution is -0.0781. The number of hydrogen-bond acceptors (Lipinski definition) is 3. The molecule has 1 fully saturated rings. The molecule has 90 valence electrons. The maximum Gasteiger partial charge on any atom is 0.120 e. The zero-order valence-electron chi connectivity index (χ0n) is 10.1. The zero-order valence-corrected chi connectivity index (χ0v) is 10.1. The van der Waals surface area contributed by atoms with Gasteiger partial charge in [-0.3, -0.25) is 0 Å². The van der Waals surface area contributed by atoms with Gasteiger partial charge in [-0.25, -0.2) is 4.98 Å². The summed E-state index contributed by atoms with van der Waals surface area (Å²) in [7, 11) is 0. The summed E-state index contributed by atoms with van der Waals surface area (Å²) in [6.07, 6.45) is 6.90. The molecule has 0 amide bonds. The van der Waals surface area contributed by atoms with E-state index in [1.807, 2.05) is 6.20 Å². The van der Waals surface area contributed by atoms with Crippen LogP contribution in [0.2, 0.25) is 0 Å². The van der Waals surface area contributed by atoms with Crippen molar-refractivity contribution in [2.45, 2.75) is 51.3 Å². The highest BCUT2D eigenvalue weighted by Crippen LogP contribution is 2.27. The fourth-order valence-electron chi connectivity index (χ4n) is 2.19. The first-order valence-electron chi connectivity index (χ1n) is 6.07. The summed E-state index contributed by atoms with van der Waals surface area (Å²) in [6.45, 7) is 6.07. The van der Waals surface area contributed by atoms with E-state index in [9.17, 15) is 0 Å². The van der Waals surface area contributed by atoms with Crippen LogP contribution in [0.15, 0.2) is 12.4 Å². The Morgan fingerprint density at radius 2 is 2.56 bits per heavy atom. The topological polar surface area (TPSA) is 49.9 Å². The van der Waals surface area contributed by atoms with Crippen molar-refractivity contribution in [2.24, 2.45) is 0 Å². The summed E-state index contributed by atoms with van der Waals surface area (Å²) < 4.78 is 5.82. The predicted molar refractivity (Wildman–Crippen MR) is 63.1 cm³/mol. The maximum absolute atomic E-state index is 5.82. The van der Waals surface area contributed by atoms with Crippen LogP contribution in [0.5, 0.6) is 0 Å². The monoisotopic (exact) mass is 223 g/mol. The smallest absolute Gasteiger partial charge is 0.120 e. The van der Waals surface area contributed by atoms with E-state index in [4.69, 9.17) is 4.74 Å². The van der Waals surface area contributed by atoms with Gasteiger partial charge in [0, 0.05) is 25.0 Å². The Labute approximate surface area is 96.8 Å². The molecule has 0 saturated carbocycles. The largest absolute Gasteiger partial charge is 0.375 e. The van der Waals surface area contributed by atoms with Gasteiger partial charge in [0.1, 0.15) is 5.82 Å². The summed E-state index contributed by atoms with van der Waals surface area (Å²) in [6, 6.07) is 0.545. The van der Waals surface area contributed by atoms with Crippen molar-refractivity contribution in [1.29, 1.82) is 0 Å². The van der Waals surface area contributed by atoms with Gasteiger partial charge in [0.2, 0.25) is 0 Å². The van der Waals surface area contributed by atoms with Crippen LogP contribution in [0.1, 0.15) is 38.9 Å². The van der Waals surface area contributed by atoms with Crippen LogP contribution in [0.3, 0.4) is 0 Å². The van der Waals surface area contributed by atoms with Crippen LogP contribution >= 0.6 is 0 Å². The Balaban J connectivity index is 1.81. The highest BCUT2D eigenvalue weighted by atomic mass is 16.5. The molecule has 0 bridgehead atoms. The number of rotatable bonds is 4. The molecule has 0 aromatic carbocycles. The summed E-state index contributed by atoms with van der Waals surface area (Å²) in [5.74, 6) is 1.00. The molecule has 1 aliphatic rings. The predicted octanol–water partition coefficient (Wildman–Crippen LogP) is 1.85. The lowest BCUT2D eigenvalue weighted by atomic mass is 9.90. The molecule has 2 rings (SSSR count). The average Bonchev–Trinajstić information content (AvgIpc) is 2.80. The third kappa shape index (κ3) is 2.83. The number of aromatic amines is 1. The van der Waals surface area contributed by atoms with Crippen molar-refractivity contribution >= 4 is 0 Å². The van der Waals surface area contributed by atoms with Gasteiger partial charge in [0.25, 0.3) is 0 Å². The van der Waals surface area contributed by atoms with E-state index in [-0.39, 0.29) is 5.60 Å². The SMILES string of the molecule is CCC1(C)CC(NCc2ncc[nH]2)CCO1. The molecule has 0 aliphatic carbocycles. The number of nitrogens with one attached hydrogen (secondary N) is 2. The van der Waals surface area contributed by atoms with Gasteiger partial charge in [0.05, 0.1) is 12.1 Å². The third-order valence-electron chi connectivity index (χ3n) is 3.46. The molecule has 4 heteroatoms. The highest BCUT2D eigenvalue weighted by molar-refractivity contribution is 4.90. The van der Waals surface area contributed by atoms with Crippen LogP contribution in [-0.2, 0) is 11.3 Å². The Kier molecular flexibility index (Phi) is 3.61. The van der Waals surface area contributed by atoms with Crippen LogP contribution in [0, 0.1) is 0 Å². The fourth-order valence-corrected chi connectivity index (χ4v) is 2.19. The molecule has 0 spiro atoms. The first-order chi connectivity index (χ1) is 7.72. The molecule has 1 saturated heterocycles. The first-order valence-corrected chi connectivity index (χ1v) is 6.07. The molecular weight excluding hydrogens is 202 g/mol. The van der Waals surface area contributed by atoms with Gasteiger partial charge in [-0.1, -0.05) is 6.92 Å². The molecule has 1 aliphatic heterocycles. The highest BCUT2D eigenvalue weighted by Gasteiger charge is 2.31. The van der Waals surface area contributed by atoms with E-state index in [2.05, 4.69) is 29.1 Å². The Hall–Kier alpha value is -0.870. The fraction of sp³-hybridized carbons (Fsp3) is 0.750. The minimum atomic E-state index is 0.0546. The van der Waals surface area contributed by atoms with Crippen LogP contribution in [0.4, 0.5) is 0 Å². The van der Waals surface area contributed by atoms with Gasteiger partial charge >= 0.3 is 0 Å². The summed E-state index contributed by atoms with van der Waals surface area (Å²) in [5, 5.41) is 3.54. The van der Waals surface area contributed by atoms with Crippen LogP contribution in [0.25, 0.3) is 0 Å². The normalized spacial score (nSPS) is 30.5. The quantitative estimate of drug-likeness (QED) is 0.819. The number of ether oxygens (including phenoxy) is 1. The van der Waals surface area contributed by atoms with Gasteiger partial charge in [-0.2, -0.15) is 0 Å². The number of H-pyrrole nitrogens is 1. The third-order valence-corrected chi connectivity index (χ3v) is 3.46. The van der Waals surface area contributed by atoms with Gasteiger partial charge in [0.15, 0.2) is 0 Å². The van der Waals surface area contributed by atoms with E-state index in [0.29, 0.717) is 6.04 Å². The number of imidazole rings is 1. The van der Waals surface area contributed by atoms with Crippen molar-refractivity contribution in [1.82, 2.24) is 15.3 Å². The molecule has 1 aromatic rings. The standard InChI is InChI=1S/C12H21N3O/c1-3-12(2)8-10(4-7-16-12)15-9-11-13-5-6-14-11/h5-6,10,15H,3-4,7-9H2,1-2H3,(H,13,14). The maximum atomic E-state index is 5.82. The van der Waals surface area contributed by atoms with E-state index in [0.717, 1.165) is 38.2 Å². The van der Waals surface area contributed by atoms with Crippen LogP contribution < -0.4 is 5.32 Å². The average molecular weight is 223 g/mol. The van der Waals surface area contributed by atoms with Crippen molar-refractivity contribution in [3.63, 3.8) is 0 Å². The van der Waals surface area contributed by atoms with Crippen molar-refractivity contribution in [2.75, 3.05) is 6.61 Å². The van der Waals surface area contributed by atoms with Crippen molar-refractivity contribution < 1.29 is 4.74 Å². The lowest BCUT2D eigenvalue weighted by Crippen LogP contribution is -2.44. The zero-order chi connectivity index (χ0) is 11.4.